The Morgan fingerprint density at radius 2 is 1.97 bits per heavy atom. The summed E-state index contributed by atoms with van der Waals surface area (Å²) in [4.78, 5) is 29.6. The van der Waals surface area contributed by atoms with Gasteiger partial charge in [-0.15, -0.1) is 0 Å². The summed E-state index contributed by atoms with van der Waals surface area (Å²) in [5.41, 5.74) is 1.48. The molecule has 1 aromatic heterocycles. The average Bonchev–Trinajstić information content (AvgIpc) is 3.26. The van der Waals surface area contributed by atoms with Gasteiger partial charge >= 0.3 is 0 Å². The van der Waals surface area contributed by atoms with Crippen LogP contribution in [0.3, 0.4) is 0 Å². The van der Waals surface area contributed by atoms with Gasteiger partial charge in [0.15, 0.2) is 0 Å². The first-order valence-corrected chi connectivity index (χ1v) is 10.8. The van der Waals surface area contributed by atoms with E-state index in [-0.39, 0.29) is 23.4 Å². The van der Waals surface area contributed by atoms with Crippen LogP contribution < -0.4 is 9.47 Å². The van der Waals surface area contributed by atoms with Crippen molar-refractivity contribution in [2.45, 2.75) is 51.1 Å². The Balaban J connectivity index is 1.63. The summed E-state index contributed by atoms with van der Waals surface area (Å²) in [6, 6.07) is 7.24. The maximum absolute atomic E-state index is 13.5. The van der Waals surface area contributed by atoms with Gasteiger partial charge in [0.1, 0.15) is 17.2 Å². The van der Waals surface area contributed by atoms with Gasteiger partial charge < -0.3 is 19.3 Å². The van der Waals surface area contributed by atoms with E-state index in [0.29, 0.717) is 29.4 Å². The fraction of sp³-hybridized carbons (Fsp3) is 0.522. The summed E-state index contributed by atoms with van der Waals surface area (Å²) in [7, 11) is 3.20. The minimum absolute atomic E-state index is 0.00417. The Morgan fingerprint density at radius 1 is 1.16 bits per heavy atom. The maximum atomic E-state index is 13.5. The number of nitrogens with one attached hydrogen (secondary N) is 1. The smallest absolute Gasteiger partial charge is 0.272 e. The second kappa shape index (κ2) is 8.24. The number of aromatic nitrogens is 2. The van der Waals surface area contributed by atoms with Gasteiger partial charge in [-0.2, -0.15) is 5.10 Å². The molecule has 2 aliphatic heterocycles. The number of piperidine rings is 2. The number of hydrogen-bond donors (Lipinski definition) is 1. The molecule has 0 spiro atoms. The number of carbonyl (C=O) groups excluding carboxylic acids is 2. The number of aromatic amines is 1. The van der Waals surface area contributed by atoms with E-state index in [0.717, 1.165) is 37.8 Å². The number of nitrogens with zero attached hydrogens (tertiary/aromatic N) is 3. The van der Waals surface area contributed by atoms with E-state index in [4.69, 9.17) is 9.47 Å². The first-order chi connectivity index (χ1) is 14.9. The molecule has 2 saturated heterocycles. The van der Waals surface area contributed by atoms with Crippen molar-refractivity contribution in [3.63, 3.8) is 0 Å². The third kappa shape index (κ3) is 3.64. The zero-order valence-corrected chi connectivity index (χ0v) is 18.6. The van der Waals surface area contributed by atoms with E-state index in [1.54, 1.807) is 27.2 Å². The standard InChI is InChI=1S/C23H30N4O4/c1-15(28)27-12-5-7-21-23(27,2)10-6-11-26(21)22(29)19-14-18(24-25-19)17-13-16(30-3)8-9-20(17)31-4/h8-9,13-14,21H,5-7,10-12H2,1-4H3,(H,24,25)/t21-,23+/m1/s1. The van der Waals surface area contributed by atoms with Crippen molar-refractivity contribution in [1.82, 2.24) is 20.0 Å². The van der Waals surface area contributed by atoms with Crippen LogP contribution in [0.4, 0.5) is 0 Å². The minimum Gasteiger partial charge on any atom is -0.497 e. The van der Waals surface area contributed by atoms with Crippen LogP contribution in [0.5, 0.6) is 11.5 Å². The Kier molecular flexibility index (Phi) is 5.64. The lowest BCUT2D eigenvalue weighted by molar-refractivity contribution is -0.143. The van der Waals surface area contributed by atoms with Crippen molar-refractivity contribution in [2.24, 2.45) is 0 Å². The molecule has 2 atom stereocenters. The fourth-order valence-corrected chi connectivity index (χ4v) is 5.24. The van der Waals surface area contributed by atoms with Crippen molar-refractivity contribution >= 4 is 11.8 Å². The lowest BCUT2D eigenvalue weighted by atomic mass is 9.76. The molecule has 0 unspecified atom stereocenters. The summed E-state index contributed by atoms with van der Waals surface area (Å²) < 4.78 is 10.8. The second-order valence-corrected chi connectivity index (χ2v) is 8.52. The van der Waals surface area contributed by atoms with E-state index in [2.05, 4.69) is 17.1 Å². The Morgan fingerprint density at radius 3 is 2.68 bits per heavy atom. The third-order valence-corrected chi connectivity index (χ3v) is 6.78. The van der Waals surface area contributed by atoms with Crippen molar-refractivity contribution in [3.8, 4) is 22.8 Å². The molecule has 166 valence electrons. The van der Waals surface area contributed by atoms with Gasteiger partial charge in [-0.1, -0.05) is 0 Å². The van der Waals surface area contributed by atoms with E-state index in [9.17, 15) is 9.59 Å². The van der Waals surface area contributed by atoms with E-state index < -0.39 is 0 Å². The zero-order chi connectivity index (χ0) is 22.2. The topological polar surface area (TPSA) is 87.8 Å². The van der Waals surface area contributed by atoms with Crippen molar-refractivity contribution < 1.29 is 19.1 Å². The molecular formula is C23H30N4O4. The van der Waals surface area contributed by atoms with Crippen LogP contribution in [-0.4, -0.2) is 70.7 Å². The number of amides is 2. The predicted octanol–water partition coefficient (Wildman–Crippen LogP) is 3.10. The average molecular weight is 427 g/mol. The molecular weight excluding hydrogens is 396 g/mol. The monoisotopic (exact) mass is 426 g/mol. The van der Waals surface area contributed by atoms with Crippen LogP contribution in [0.15, 0.2) is 24.3 Å². The van der Waals surface area contributed by atoms with Gasteiger partial charge in [0.2, 0.25) is 5.91 Å². The minimum atomic E-state index is -0.323. The molecule has 1 N–H and O–H groups in total. The number of carbonyl (C=O) groups is 2. The van der Waals surface area contributed by atoms with Gasteiger partial charge in [-0.3, -0.25) is 14.7 Å². The number of ether oxygens (including phenoxy) is 2. The first kappa shape index (κ1) is 21.2. The van der Waals surface area contributed by atoms with Crippen LogP contribution in [0, 0.1) is 0 Å². The number of H-pyrrole nitrogens is 1. The number of likely N-dealkylation sites (tertiary alicyclic amines) is 2. The molecule has 2 aliphatic rings. The first-order valence-electron chi connectivity index (χ1n) is 10.8. The highest BCUT2D eigenvalue weighted by Gasteiger charge is 2.49. The normalized spacial score (nSPS) is 23.3. The highest BCUT2D eigenvalue weighted by molar-refractivity contribution is 5.94. The van der Waals surface area contributed by atoms with Crippen molar-refractivity contribution in [1.29, 1.82) is 0 Å². The molecule has 31 heavy (non-hydrogen) atoms. The Hall–Kier alpha value is -3.03. The van der Waals surface area contributed by atoms with Gasteiger partial charge in [0.05, 0.1) is 31.5 Å². The number of hydrogen-bond acceptors (Lipinski definition) is 5. The van der Waals surface area contributed by atoms with Crippen LogP contribution in [0.1, 0.15) is 50.0 Å². The van der Waals surface area contributed by atoms with Gasteiger partial charge in [0.25, 0.3) is 5.91 Å². The van der Waals surface area contributed by atoms with Gasteiger partial charge in [0, 0.05) is 25.6 Å². The van der Waals surface area contributed by atoms with Crippen molar-refractivity contribution in [2.75, 3.05) is 27.3 Å². The fourth-order valence-electron chi connectivity index (χ4n) is 5.24. The van der Waals surface area contributed by atoms with Gasteiger partial charge in [-0.25, -0.2) is 0 Å². The van der Waals surface area contributed by atoms with Crippen LogP contribution in [0.25, 0.3) is 11.3 Å². The van der Waals surface area contributed by atoms with Crippen molar-refractivity contribution in [3.05, 3.63) is 30.0 Å². The van der Waals surface area contributed by atoms with E-state index >= 15 is 0 Å². The molecule has 2 aromatic rings. The molecule has 0 saturated carbocycles. The highest BCUT2D eigenvalue weighted by atomic mass is 16.5. The predicted molar refractivity (Wildman–Crippen MR) is 116 cm³/mol. The molecule has 3 heterocycles. The molecule has 0 bridgehead atoms. The lowest BCUT2D eigenvalue weighted by Crippen LogP contribution is -2.68. The van der Waals surface area contributed by atoms with E-state index in [1.807, 2.05) is 28.0 Å². The second-order valence-electron chi connectivity index (χ2n) is 8.52. The SMILES string of the molecule is COc1ccc(OC)c(-c2cc(C(=O)N3CCC[C@@]4(C)[C@H]3CCCN4C(C)=O)[nH]n2)c1. The quantitative estimate of drug-likeness (QED) is 0.812. The summed E-state index contributed by atoms with van der Waals surface area (Å²) in [6.07, 6.45) is 3.58. The number of fused-ring (bicyclic) bond motifs is 1. The van der Waals surface area contributed by atoms with Gasteiger partial charge in [-0.05, 0) is 56.9 Å². The zero-order valence-electron chi connectivity index (χ0n) is 18.6. The van der Waals surface area contributed by atoms with Crippen LogP contribution in [0.2, 0.25) is 0 Å². The third-order valence-electron chi connectivity index (χ3n) is 6.78. The van der Waals surface area contributed by atoms with Crippen LogP contribution in [-0.2, 0) is 4.79 Å². The number of rotatable bonds is 4. The molecule has 2 fully saturated rings. The maximum Gasteiger partial charge on any atom is 0.272 e. The summed E-state index contributed by atoms with van der Waals surface area (Å²) >= 11 is 0. The highest BCUT2D eigenvalue weighted by Crippen LogP contribution is 2.40. The Bertz CT molecular complexity index is 988. The number of methoxy groups -OCH3 is 2. The van der Waals surface area contributed by atoms with E-state index in [1.165, 1.54) is 0 Å². The molecule has 0 radical (unpaired) electrons. The summed E-state index contributed by atoms with van der Waals surface area (Å²) in [5, 5.41) is 7.29. The molecule has 1 aromatic carbocycles. The Labute approximate surface area is 182 Å². The molecule has 2 amide bonds. The molecule has 4 rings (SSSR count). The van der Waals surface area contributed by atoms with Crippen LogP contribution >= 0.6 is 0 Å². The molecule has 8 nitrogen and oxygen atoms in total. The molecule has 8 heteroatoms. The lowest BCUT2D eigenvalue weighted by Gasteiger charge is -2.56. The summed E-state index contributed by atoms with van der Waals surface area (Å²) in [6.45, 7) is 5.18. The molecule has 0 aliphatic carbocycles. The summed E-state index contributed by atoms with van der Waals surface area (Å²) in [5.74, 6) is 1.34. The largest absolute Gasteiger partial charge is 0.497 e. The number of benzene rings is 1.